The molecule has 0 bridgehead atoms. The fourth-order valence-electron chi connectivity index (χ4n) is 3.97. The summed E-state index contributed by atoms with van der Waals surface area (Å²) in [6.45, 7) is 6.70. The molecule has 0 radical (unpaired) electrons. The quantitative estimate of drug-likeness (QED) is 0.270. The van der Waals surface area contributed by atoms with Gasteiger partial charge in [0.2, 0.25) is 0 Å². The Hall–Kier alpha value is -1.65. The number of imidazole rings is 1. The Labute approximate surface area is 199 Å². The van der Waals surface area contributed by atoms with Crippen LogP contribution in [0, 0.1) is 0 Å². The van der Waals surface area contributed by atoms with Crippen LogP contribution in [0.3, 0.4) is 0 Å². The Morgan fingerprint density at radius 3 is 2.67 bits per heavy atom. The maximum atomic E-state index is 4.82. The van der Waals surface area contributed by atoms with E-state index in [2.05, 4.69) is 57.7 Å². The number of fused-ring (bicyclic) bond motifs is 1. The maximum absolute atomic E-state index is 4.82. The van der Waals surface area contributed by atoms with Gasteiger partial charge in [-0.05, 0) is 56.4 Å². The maximum Gasteiger partial charge on any atom is 0.191 e. The topological polar surface area (TPSA) is 57.5 Å². The summed E-state index contributed by atoms with van der Waals surface area (Å²) in [5, 5.41) is 9.13. The molecule has 0 saturated carbocycles. The summed E-state index contributed by atoms with van der Waals surface area (Å²) in [7, 11) is 2.06. The number of aliphatic imine (C=N–C) groups is 1. The van der Waals surface area contributed by atoms with Crippen molar-refractivity contribution in [2.24, 2.45) is 12.0 Å². The number of halogens is 1. The molecule has 2 N–H and O–H groups in total. The van der Waals surface area contributed by atoms with Crippen LogP contribution in [0.2, 0.25) is 0 Å². The largest absolute Gasteiger partial charge is 0.357 e. The van der Waals surface area contributed by atoms with Crippen molar-refractivity contribution in [1.29, 1.82) is 0 Å². The van der Waals surface area contributed by atoms with Crippen LogP contribution in [-0.4, -0.2) is 46.6 Å². The van der Waals surface area contributed by atoms with Gasteiger partial charge in [-0.25, -0.2) is 9.98 Å². The summed E-state index contributed by atoms with van der Waals surface area (Å²) in [4.78, 5) is 13.6. The van der Waals surface area contributed by atoms with Gasteiger partial charge < -0.3 is 15.2 Å². The molecule has 8 heteroatoms. The van der Waals surface area contributed by atoms with Crippen molar-refractivity contribution in [2.45, 2.75) is 32.4 Å². The molecule has 1 aliphatic heterocycles. The highest BCUT2D eigenvalue weighted by Gasteiger charge is 2.24. The predicted octanol–water partition coefficient (Wildman–Crippen LogP) is 4.15. The minimum atomic E-state index is 0. The van der Waals surface area contributed by atoms with Crippen LogP contribution >= 0.6 is 35.3 Å². The van der Waals surface area contributed by atoms with Crippen molar-refractivity contribution in [1.82, 2.24) is 25.1 Å². The van der Waals surface area contributed by atoms with Crippen LogP contribution in [0.1, 0.15) is 36.5 Å². The standard InChI is InChI=1S/C22H30N6S.HI/c1-3-23-22(25-16-21-26-17-9-4-5-10-18(17)27(21)2)24-15-19(20-11-8-14-29-20)28-12-6-7-13-28;/h4-5,8-11,14,19H,3,6-7,12-13,15-16H2,1-2H3,(H2,23,24,25);1H. The molecule has 30 heavy (non-hydrogen) atoms. The zero-order chi connectivity index (χ0) is 20.1. The minimum absolute atomic E-state index is 0. The molecule has 3 heterocycles. The SMILES string of the molecule is CCNC(=NCc1nc2ccccc2n1C)NCC(c1cccs1)N1CCCC1.I. The number of aryl methyl sites for hydroxylation is 1. The summed E-state index contributed by atoms with van der Waals surface area (Å²) in [5.74, 6) is 1.82. The summed E-state index contributed by atoms with van der Waals surface area (Å²) >= 11 is 1.84. The van der Waals surface area contributed by atoms with Gasteiger partial charge >= 0.3 is 0 Å². The van der Waals surface area contributed by atoms with Crippen LogP contribution in [-0.2, 0) is 13.6 Å². The molecular formula is C22H31IN6S. The Morgan fingerprint density at radius 2 is 1.97 bits per heavy atom. The lowest BCUT2D eigenvalue weighted by Gasteiger charge is -2.27. The van der Waals surface area contributed by atoms with Crippen LogP contribution in [0.25, 0.3) is 11.0 Å². The minimum Gasteiger partial charge on any atom is -0.357 e. The summed E-state index contributed by atoms with van der Waals surface area (Å²) in [6.07, 6.45) is 2.59. The first-order chi connectivity index (χ1) is 14.3. The van der Waals surface area contributed by atoms with E-state index in [0.29, 0.717) is 12.6 Å². The van der Waals surface area contributed by atoms with Crippen molar-refractivity contribution < 1.29 is 0 Å². The van der Waals surface area contributed by atoms with Gasteiger partial charge in [0.25, 0.3) is 0 Å². The number of aromatic nitrogens is 2. The van der Waals surface area contributed by atoms with E-state index in [1.165, 1.54) is 30.8 Å². The molecule has 4 rings (SSSR count). The number of thiophene rings is 1. The molecule has 2 aromatic heterocycles. The van der Waals surface area contributed by atoms with E-state index in [1.54, 1.807) is 0 Å². The van der Waals surface area contributed by atoms with E-state index >= 15 is 0 Å². The van der Waals surface area contributed by atoms with Gasteiger partial charge in [-0.2, -0.15) is 0 Å². The lowest BCUT2D eigenvalue weighted by molar-refractivity contribution is 0.249. The highest BCUT2D eigenvalue weighted by Crippen LogP contribution is 2.27. The van der Waals surface area contributed by atoms with Gasteiger partial charge in [0.15, 0.2) is 5.96 Å². The predicted molar refractivity (Wildman–Crippen MR) is 137 cm³/mol. The first kappa shape index (κ1) is 23.0. The van der Waals surface area contributed by atoms with Crippen LogP contribution in [0.5, 0.6) is 0 Å². The molecule has 1 unspecified atom stereocenters. The van der Waals surface area contributed by atoms with Gasteiger partial charge in [0.1, 0.15) is 12.4 Å². The monoisotopic (exact) mass is 538 g/mol. The molecule has 1 fully saturated rings. The number of nitrogens with one attached hydrogen (secondary N) is 2. The van der Waals surface area contributed by atoms with E-state index in [9.17, 15) is 0 Å². The highest BCUT2D eigenvalue weighted by molar-refractivity contribution is 14.0. The molecule has 1 atom stereocenters. The van der Waals surface area contributed by atoms with Crippen molar-refractivity contribution in [3.8, 4) is 0 Å². The molecule has 0 aliphatic carbocycles. The van der Waals surface area contributed by atoms with Gasteiger partial charge in [0.05, 0.1) is 17.1 Å². The smallest absolute Gasteiger partial charge is 0.191 e. The number of hydrogen-bond acceptors (Lipinski definition) is 4. The van der Waals surface area contributed by atoms with E-state index in [0.717, 1.165) is 35.9 Å². The van der Waals surface area contributed by atoms with Crippen molar-refractivity contribution >= 4 is 52.3 Å². The van der Waals surface area contributed by atoms with Crippen LogP contribution < -0.4 is 10.6 Å². The number of para-hydroxylation sites is 2. The third-order valence-corrected chi connectivity index (χ3v) is 6.49. The molecule has 1 aromatic carbocycles. The number of likely N-dealkylation sites (tertiary alicyclic amines) is 1. The van der Waals surface area contributed by atoms with Crippen molar-refractivity contribution in [3.05, 3.63) is 52.5 Å². The first-order valence-corrected chi connectivity index (χ1v) is 11.3. The van der Waals surface area contributed by atoms with E-state index in [1.807, 2.05) is 29.5 Å². The van der Waals surface area contributed by atoms with E-state index in [-0.39, 0.29) is 24.0 Å². The van der Waals surface area contributed by atoms with E-state index < -0.39 is 0 Å². The molecule has 1 saturated heterocycles. The van der Waals surface area contributed by atoms with Crippen LogP contribution in [0.4, 0.5) is 0 Å². The number of hydrogen-bond donors (Lipinski definition) is 2. The average Bonchev–Trinajstić information content (AvgIpc) is 3.49. The summed E-state index contributed by atoms with van der Waals surface area (Å²) in [5.41, 5.74) is 2.16. The summed E-state index contributed by atoms with van der Waals surface area (Å²) < 4.78 is 2.13. The zero-order valence-electron chi connectivity index (χ0n) is 17.7. The zero-order valence-corrected chi connectivity index (χ0v) is 20.8. The number of benzene rings is 1. The number of nitrogens with zero attached hydrogens (tertiary/aromatic N) is 4. The molecule has 1 aliphatic rings. The van der Waals surface area contributed by atoms with Crippen molar-refractivity contribution in [3.63, 3.8) is 0 Å². The second-order valence-electron chi connectivity index (χ2n) is 7.43. The third kappa shape index (κ3) is 5.33. The number of rotatable bonds is 7. The normalized spacial score (nSPS) is 15.9. The summed E-state index contributed by atoms with van der Waals surface area (Å²) in [6, 6.07) is 13.0. The molecule has 3 aromatic rings. The first-order valence-electron chi connectivity index (χ1n) is 10.5. The second-order valence-corrected chi connectivity index (χ2v) is 8.41. The highest BCUT2D eigenvalue weighted by atomic mass is 127. The van der Waals surface area contributed by atoms with Gasteiger partial charge in [-0.15, -0.1) is 35.3 Å². The fourth-order valence-corrected chi connectivity index (χ4v) is 4.83. The van der Waals surface area contributed by atoms with Gasteiger partial charge in [0, 0.05) is 25.0 Å². The lowest BCUT2D eigenvalue weighted by Crippen LogP contribution is -2.42. The average molecular weight is 539 g/mol. The third-order valence-electron chi connectivity index (χ3n) is 5.52. The van der Waals surface area contributed by atoms with E-state index in [4.69, 9.17) is 9.98 Å². The Kier molecular flexibility index (Phi) is 8.52. The molecule has 0 amide bonds. The van der Waals surface area contributed by atoms with Crippen LogP contribution in [0.15, 0.2) is 46.8 Å². The van der Waals surface area contributed by atoms with Gasteiger partial charge in [-0.1, -0.05) is 18.2 Å². The Bertz CT molecular complexity index is 946. The number of guanidine groups is 1. The molecule has 0 spiro atoms. The Balaban J connectivity index is 0.00000256. The van der Waals surface area contributed by atoms with Crippen molar-refractivity contribution in [2.75, 3.05) is 26.2 Å². The molecule has 162 valence electrons. The molecular weight excluding hydrogens is 507 g/mol. The Morgan fingerprint density at radius 1 is 1.17 bits per heavy atom. The lowest BCUT2D eigenvalue weighted by atomic mass is 10.2. The fraction of sp³-hybridized carbons (Fsp3) is 0.455. The molecule has 6 nitrogen and oxygen atoms in total. The second kappa shape index (κ2) is 11.1. The van der Waals surface area contributed by atoms with Gasteiger partial charge in [-0.3, -0.25) is 4.90 Å².